The fourth-order valence-corrected chi connectivity index (χ4v) is 2.66. The second kappa shape index (κ2) is 8.78. The predicted molar refractivity (Wildman–Crippen MR) is 91.8 cm³/mol. The number of likely N-dealkylation sites (tertiary alicyclic amines) is 1. The van der Waals surface area contributed by atoms with E-state index < -0.39 is 0 Å². The Hall–Kier alpha value is -0.420. The molecule has 0 spiro atoms. The van der Waals surface area contributed by atoms with E-state index in [9.17, 15) is 0 Å². The minimum absolute atomic E-state index is 0.233. The first-order valence-corrected chi connectivity index (χ1v) is 8.98. The maximum atomic E-state index is 4.32. The van der Waals surface area contributed by atoms with Crippen molar-refractivity contribution in [3.63, 3.8) is 0 Å². The van der Waals surface area contributed by atoms with E-state index in [1.54, 1.807) is 0 Å². The fraction of sp³-hybridized carbons (Fsp3) is 0.933. The molecule has 0 aromatic carbocycles. The van der Waals surface area contributed by atoms with Crippen LogP contribution >= 0.6 is 11.8 Å². The minimum Gasteiger partial charge on any atom is -0.355 e. The Labute approximate surface area is 129 Å². The van der Waals surface area contributed by atoms with Gasteiger partial charge in [-0.05, 0) is 52.5 Å². The average Bonchev–Trinajstić information content (AvgIpc) is 2.97. The van der Waals surface area contributed by atoms with Crippen LogP contribution in [0.25, 0.3) is 0 Å². The van der Waals surface area contributed by atoms with Crippen LogP contribution in [0.3, 0.4) is 0 Å². The highest BCUT2D eigenvalue weighted by Crippen LogP contribution is 2.19. The van der Waals surface area contributed by atoms with Gasteiger partial charge in [-0.1, -0.05) is 6.92 Å². The normalized spacial score (nSPS) is 19.1. The van der Waals surface area contributed by atoms with Gasteiger partial charge in [0.05, 0.1) is 0 Å². The van der Waals surface area contributed by atoms with Gasteiger partial charge < -0.3 is 10.6 Å². The molecule has 1 aliphatic rings. The average molecular weight is 301 g/mol. The summed E-state index contributed by atoms with van der Waals surface area (Å²) < 4.78 is 0.233. The maximum absolute atomic E-state index is 4.32. The minimum atomic E-state index is 0.233. The summed E-state index contributed by atoms with van der Waals surface area (Å²) in [4.78, 5) is 6.93. The van der Waals surface area contributed by atoms with E-state index >= 15 is 0 Å². The number of nitrogens with one attached hydrogen (secondary N) is 2. The smallest absolute Gasteiger partial charge is 0.191 e. The number of hydrogen-bond donors (Lipinski definition) is 2. The second-order valence-electron chi connectivity index (χ2n) is 6.08. The molecule has 0 amide bonds. The van der Waals surface area contributed by atoms with E-state index in [2.05, 4.69) is 47.6 Å². The fourth-order valence-electron chi connectivity index (χ4n) is 2.44. The third-order valence-electron chi connectivity index (χ3n) is 4.09. The zero-order valence-corrected chi connectivity index (χ0v) is 14.6. The van der Waals surface area contributed by atoms with E-state index in [4.69, 9.17) is 0 Å². The first-order valence-electron chi connectivity index (χ1n) is 7.76. The summed E-state index contributed by atoms with van der Waals surface area (Å²) in [6.45, 7) is 11.2. The molecular weight excluding hydrogens is 268 g/mol. The van der Waals surface area contributed by atoms with Gasteiger partial charge in [-0.3, -0.25) is 9.89 Å². The molecule has 1 saturated heterocycles. The lowest BCUT2D eigenvalue weighted by atomic mass is 10.2. The molecule has 1 atom stereocenters. The number of thioether (sulfide) groups is 1. The van der Waals surface area contributed by atoms with Gasteiger partial charge in [0.2, 0.25) is 0 Å². The molecule has 20 heavy (non-hydrogen) atoms. The van der Waals surface area contributed by atoms with Gasteiger partial charge >= 0.3 is 0 Å². The van der Waals surface area contributed by atoms with E-state index in [0.29, 0.717) is 6.04 Å². The lowest BCUT2D eigenvalue weighted by Gasteiger charge is -2.28. The highest BCUT2D eigenvalue weighted by molar-refractivity contribution is 7.99. The molecule has 2 N–H and O–H groups in total. The van der Waals surface area contributed by atoms with Crippen molar-refractivity contribution >= 4 is 17.7 Å². The molecule has 4 nitrogen and oxygen atoms in total. The summed E-state index contributed by atoms with van der Waals surface area (Å²) >= 11 is 1.88. The zero-order valence-electron chi connectivity index (χ0n) is 13.8. The van der Waals surface area contributed by atoms with Crippen LogP contribution in [-0.4, -0.2) is 61.1 Å². The van der Waals surface area contributed by atoms with Crippen LogP contribution in [0.4, 0.5) is 0 Å². The highest BCUT2D eigenvalue weighted by atomic mass is 32.2. The lowest BCUT2D eigenvalue weighted by Crippen LogP contribution is -2.48. The van der Waals surface area contributed by atoms with Crippen LogP contribution in [0.2, 0.25) is 0 Å². The summed E-state index contributed by atoms with van der Waals surface area (Å²) in [5.74, 6) is 0.921. The Morgan fingerprint density at radius 2 is 1.95 bits per heavy atom. The largest absolute Gasteiger partial charge is 0.355 e. The Morgan fingerprint density at radius 3 is 2.45 bits per heavy atom. The van der Waals surface area contributed by atoms with Crippen LogP contribution in [0, 0.1) is 0 Å². The third-order valence-corrected chi connectivity index (χ3v) is 5.34. The molecule has 1 unspecified atom stereocenters. The summed E-state index contributed by atoms with van der Waals surface area (Å²) in [5.41, 5.74) is 0. The Morgan fingerprint density at radius 1 is 1.30 bits per heavy atom. The maximum Gasteiger partial charge on any atom is 0.191 e. The van der Waals surface area contributed by atoms with Gasteiger partial charge in [-0.15, -0.1) is 0 Å². The number of rotatable bonds is 7. The highest BCUT2D eigenvalue weighted by Gasteiger charge is 2.21. The molecule has 0 aromatic rings. The van der Waals surface area contributed by atoms with Crippen LogP contribution in [0.5, 0.6) is 0 Å². The first-order chi connectivity index (χ1) is 9.52. The predicted octanol–water partition coefficient (Wildman–Crippen LogP) is 2.17. The van der Waals surface area contributed by atoms with Gasteiger partial charge in [-0.2, -0.15) is 11.8 Å². The van der Waals surface area contributed by atoms with Crippen molar-refractivity contribution in [2.24, 2.45) is 4.99 Å². The first kappa shape index (κ1) is 17.6. The van der Waals surface area contributed by atoms with Crippen LogP contribution in [-0.2, 0) is 0 Å². The topological polar surface area (TPSA) is 39.7 Å². The van der Waals surface area contributed by atoms with Crippen molar-refractivity contribution in [1.82, 2.24) is 15.5 Å². The summed E-state index contributed by atoms with van der Waals surface area (Å²) in [5, 5.41) is 6.91. The molecule has 0 saturated carbocycles. The molecule has 5 heteroatoms. The van der Waals surface area contributed by atoms with E-state index in [1.807, 2.05) is 18.8 Å². The summed E-state index contributed by atoms with van der Waals surface area (Å²) in [6, 6.07) is 0.629. The van der Waals surface area contributed by atoms with E-state index in [-0.39, 0.29) is 4.75 Å². The summed E-state index contributed by atoms with van der Waals surface area (Å²) in [7, 11) is 1.85. The second-order valence-corrected chi connectivity index (χ2v) is 7.59. The molecule has 0 bridgehead atoms. The van der Waals surface area contributed by atoms with E-state index in [1.165, 1.54) is 32.4 Å². The Bertz CT molecular complexity index is 298. The molecule has 118 valence electrons. The van der Waals surface area contributed by atoms with Crippen LogP contribution in [0.1, 0.15) is 40.0 Å². The Balaban J connectivity index is 2.36. The molecule has 0 aliphatic carbocycles. The standard InChI is InChI=1S/C15H32N4S/c1-6-13(19-9-7-8-10-19)11-17-14(16-4)18-12-15(2,3)20-5/h13H,6-12H2,1-5H3,(H2,16,17,18). The molecule has 0 radical (unpaired) electrons. The van der Waals surface area contributed by atoms with Crippen molar-refractivity contribution < 1.29 is 0 Å². The van der Waals surface area contributed by atoms with Gasteiger partial charge in [0.1, 0.15) is 0 Å². The quantitative estimate of drug-likeness (QED) is 0.558. The molecular formula is C15H32N4S. The number of aliphatic imine (C=N–C) groups is 1. The Kier molecular flexibility index (Phi) is 7.74. The zero-order chi connectivity index (χ0) is 15.0. The van der Waals surface area contributed by atoms with Crippen molar-refractivity contribution in [3.8, 4) is 0 Å². The SMILES string of the molecule is CCC(CNC(=NC)NCC(C)(C)SC)N1CCCC1. The molecule has 1 heterocycles. The van der Waals surface area contributed by atoms with Gasteiger partial charge in [0.25, 0.3) is 0 Å². The molecule has 1 fully saturated rings. The van der Waals surface area contributed by atoms with Gasteiger partial charge in [-0.25, -0.2) is 0 Å². The van der Waals surface area contributed by atoms with Crippen molar-refractivity contribution in [3.05, 3.63) is 0 Å². The number of hydrogen-bond acceptors (Lipinski definition) is 3. The van der Waals surface area contributed by atoms with Crippen molar-refractivity contribution in [2.45, 2.75) is 50.8 Å². The van der Waals surface area contributed by atoms with Crippen LogP contribution in [0.15, 0.2) is 4.99 Å². The van der Waals surface area contributed by atoms with E-state index in [0.717, 1.165) is 19.0 Å². The van der Waals surface area contributed by atoms with Crippen molar-refractivity contribution in [1.29, 1.82) is 0 Å². The van der Waals surface area contributed by atoms with Gasteiger partial charge in [0.15, 0.2) is 5.96 Å². The third kappa shape index (κ3) is 5.92. The molecule has 0 aromatic heterocycles. The number of nitrogens with zero attached hydrogens (tertiary/aromatic N) is 2. The monoisotopic (exact) mass is 300 g/mol. The van der Waals surface area contributed by atoms with Crippen LogP contribution < -0.4 is 10.6 Å². The molecule has 1 rings (SSSR count). The van der Waals surface area contributed by atoms with Gasteiger partial charge in [0, 0.05) is 30.9 Å². The summed E-state index contributed by atoms with van der Waals surface area (Å²) in [6.07, 6.45) is 6.05. The number of guanidine groups is 1. The lowest BCUT2D eigenvalue weighted by molar-refractivity contribution is 0.236. The van der Waals surface area contributed by atoms with Crippen molar-refractivity contribution in [2.75, 3.05) is 39.5 Å². The molecule has 1 aliphatic heterocycles.